The van der Waals surface area contributed by atoms with Crippen molar-refractivity contribution in [3.05, 3.63) is 0 Å². The zero-order valence-electron chi connectivity index (χ0n) is 39.2. The molecule has 5 saturated carbocycles. The number of fused-ring (bicyclic) bond motifs is 5. The minimum atomic E-state index is -1.88. The van der Waals surface area contributed by atoms with E-state index in [0.29, 0.717) is 12.3 Å². The summed E-state index contributed by atoms with van der Waals surface area (Å²) in [6.07, 6.45) is -17.4. The van der Waals surface area contributed by atoms with Crippen LogP contribution in [0.3, 0.4) is 0 Å². The quantitative estimate of drug-likeness (QED) is 0.127. The Morgan fingerprint density at radius 2 is 1.21 bits per heavy atom. The summed E-state index contributed by atoms with van der Waals surface area (Å²) in [4.78, 5) is 0. The molecule has 10 rings (SSSR count). The molecule has 5 saturated heterocycles. The van der Waals surface area contributed by atoms with E-state index >= 15 is 0 Å². The second-order valence-corrected chi connectivity index (χ2v) is 23.9. The Morgan fingerprint density at radius 3 is 1.89 bits per heavy atom. The summed E-state index contributed by atoms with van der Waals surface area (Å²) < 4.78 is 49.6. The van der Waals surface area contributed by atoms with Gasteiger partial charge in [-0.25, -0.2) is 0 Å². The molecule has 0 bridgehead atoms. The van der Waals surface area contributed by atoms with Gasteiger partial charge in [0.1, 0.15) is 79.4 Å². The van der Waals surface area contributed by atoms with E-state index in [1.165, 1.54) is 0 Å². The topological polar surface area (TPSA) is 296 Å². The van der Waals surface area contributed by atoms with Crippen LogP contribution in [0.1, 0.15) is 99.8 Å². The van der Waals surface area contributed by atoms with Crippen LogP contribution in [-0.4, -0.2) is 198 Å². The minimum absolute atomic E-state index is 0.0187. The van der Waals surface area contributed by atoms with Crippen LogP contribution in [0.25, 0.3) is 0 Å². The van der Waals surface area contributed by atoms with Crippen molar-refractivity contribution in [3.63, 3.8) is 0 Å². The van der Waals surface area contributed by atoms with Crippen molar-refractivity contribution in [1.82, 2.24) is 0 Å². The molecule has 0 amide bonds. The van der Waals surface area contributed by atoms with E-state index in [-0.39, 0.29) is 63.6 Å². The first-order valence-corrected chi connectivity index (χ1v) is 24.5. The number of hydrogen-bond acceptors (Lipinski definition) is 19. The van der Waals surface area contributed by atoms with Crippen LogP contribution in [0.5, 0.6) is 0 Å². The first kappa shape index (κ1) is 48.8. The van der Waals surface area contributed by atoms with Gasteiger partial charge in [-0.15, -0.1) is 0 Å². The number of aliphatic hydroxyl groups excluding tert-OH is 10. The SMILES string of the molecule is C[C@@H]1[C@@H]2[C@@H](C[C@@]3(C)[C@H]4CC[C@H]5C(C)(C)[C@@H](O[C@H]6OC[C@H](O)[C@@H](O)[C@@H]6O[C@@H]6O[C@H](CO)[C@@H](O)[C@H](O)[C@H]6O[C@@H]6O[C@H](CO)[C@@H](O)[C@H](O)[C@H]6O)CC[C@]56C[C@]46CC[C@@]23C)O[C@@]2(O)[C@H](O)C(C)(C)O[C@@H]12. The Kier molecular flexibility index (Phi) is 11.9. The van der Waals surface area contributed by atoms with Gasteiger partial charge in [-0.05, 0) is 116 Å². The Labute approximate surface area is 385 Å². The first-order chi connectivity index (χ1) is 30.9. The average Bonchev–Trinajstić information content (AvgIpc) is 3.81. The monoisotopic (exact) mass is 944 g/mol. The summed E-state index contributed by atoms with van der Waals surface area (Å²) in [6.45, 7) is 13.4. The minimum Gasteiger partial charge on any atom is -0.394 e. The van der Waals surface area contributed by atoms with Crippen molar-refractivity contribution < 1.29 is 94.1 Å². The van der Waals surface area contributed by atoms with Crippen LogP contribution >= 0.6 is 0 Å². The molecule has 10 aliphatic rings. The third-order valence-corrected chi connectivity index (χ3v) is 20.3. The van der Waals surface area contributed by atoms with Gasteiger partial charge < -0.3 is 94.1 Å². The molecular weight excluding hydrogens is 868 g/mol. The maximum atomic E-state index is 11.9. The third kappa shape index (κ3) is 6.56. The lowest BCUT2D eigenvalue weighted by atomic mass is 9.41. The van der Waals surface area contributed by atoms with Gasteiger partial charge >= 0.3 is 0 Å². The lowest BCUT2D eigenvalue weighted by molar-refractivity contribution is -0.392. The maximum absolute atomic E-state index is 11.9. The molecule has 378 valence electrons. The highest BCUT2D eigenvalue weighted by molar-refractivity contribution is 5.32. The maximum Gasteiger partial charge on any atom is 0.222 e. The van der Waals surface area contributed by atoms with Gasteiger partial charge in [-0.2, -0.15) is 0 Å². The van der Waals surface area contributed by atoms with E-state index in [1.807, 2.05) is 13.8 Å². The van der Waals surface area contributed by atoms with E-state index in [1.54, 1.807) is 0 Å². The molecule has 0 aromatic rings. The van der Waals surface area contributed by atoms with Crippen molar-refractivity contribution in [1.29, 1.82) is 0 Å². The predicted molar refractivity (Wildman–Crippen MR) is 224 cm³/mol. The number of hydrogen-bond donors (Lipinski definition) is 11. The van der Waals surface area contributed by atoms with E-state index in [4.69, 9.17) is 37.9 Å². The summed E-state index contributed by atoms with van der Waals surface area (Å²) in [5.74, 6) is -0.893. The molecule has 0 aromatic heterocycles. The van der Waals surface area contributed by atoms with E-state index < -0.39 is 123 Å². The average molecular weight is 945 g/mol. The molecule has 5 heterocycles. The summed E-state index contributed by atoms with van der Waals surface area (Å²) in [5.41, 5.74) is -1.24. The van der Waals surface area contributed by atoms with Crippen molar-refractivity contribution >= 4 is 0 Å². The summed E-state index contributed by atoms with van der Waals surface area (Å²) in [6, 6.07) is 0. The fraction of sp³-hybridized carbons (Fsp3) is 1.00. The molecule has 0 radical (unpaired) electrons. The van der Waals surface area contributed by atoms with Crippen molar-refractivity contribution in [2.75, 3.05) is 19.8 Å². The molecule has 19 nitrogen and oxygen atoms in total. The Hall–Kier alpha value is -0.760. The fourth-order valence-electron chi connectivity index (χ4n) is 16.9. The third-order valence-electron chi connectivity index (χ3n) is 20.3. The van der Waals surface area contributed by atoms with Gasteiger partial charge in [0.15, 0.2) is 18.9 Å². The highest BCUT2D eigenvalue weighted by atomic mass is 16.8. The molecule has 11 N–H and O–H groups in total. The van der Waals surface area contributed by atoms with Crippen LogP contribution in [0.15, 0.2) is 0 Å². The molecule has 10 fully saturated rings. The number of aliphatic hydroxyl groups is 11. The lowest BCUT2D eigenvalue weighted by Gasteiger charge is -2.63. The molecule has 0 aromatic carbocycles. The first-order valence-electron chi connectivity index (χ1n) is 24.5. The molecule has 19 heteroatoms. The molecule has 66 heavy (non-hydrogen) atoms. The Bertz CT molecular complexity index is 1820. The molecule has 2 spiro atoms. The van der Waals surface area contributed by atoms with Crippen LogP contribution in [0, 0.1) is 50.7 Å². The van der Waals surface area contributed by atoms with Crippen LogP contribution < -0.4 is 0 Å². The summed E-state index contributed by atoms with van der Waals surface area (Å²) in [5, 5.41) is 119. The molecular formula is C47H76O19. The normalized spacial score (nSPS) is 60.3. The largest absolute Gasteiger partial charge is 0.394 e. The zero-order valence-corrected chi connectivity index (χ0v) is 39.2. The molecule has 5 aliphatic carbocycles. The van der Waals surface area contributed by atoms with Crippen molar-refractivity contribution in [2.24, 2.45) is 50.7 Å². The summed E-state index contributed by atoms with van der Waals surface area (Å²) in [7, 11) is 0. The zero-order chi connectivity index (χ0) is 47.6. The summed E-state index contributed by atoms with van der Waals surface area (Å²) >= 11 is 0. The smallest absolute Gasteiger partial charge is 0.222 e. The second-order valence-electron chi connectivity index (χ2n) is 23.9. The molecule has 0 unspecified atom stereocenters. The van der Waals surface area contributed by atoms with Gasteiger partial charge in [-0.1, -0.05) is 34.6 Å². The van der Waals surface area contributed by atoms with E-state index in [9.17, 15) is 56.2 Å². The van der Waals surface area contributed by atoms with Crippen LogP contribution in [0.4, 0.5) is 0 Å². The van der Waals surface area contributed by atoms with E-state index in [2.05, 4.69) is 34.6 Å². The van der Waals surface area contributed by atoms with Gasteiger partial charge in [0, 0.05) is 0 Å². The van der Waals surface area contributed by atoms with Gasteiger partial charge in [0.2, 0.25) is 5.79 Å². The van der Waals surface area contributed by atoms with Gasteiger partial charge in [0.25, 0.3) is 0 Å². The van der Waals surface area contributed by atoms with Crippen LogP contribution in [0.2, 0.25) is 0 Å². The van der Waals surface area contributed by atoms with Crippen molar-refractivity contribution in [3.8, 4) is 0 Å². The molecule has 5 aliphatic heterocycles. The highest BCUT2D eigenvalue weighted by Crippen LogP contribution is 2.89. The van der Waals surface area contributed by atoms with Crippen molar-refractivity contribution in [2.45, 2.75) is 222 Å². The fourth-order valence-corrected chi connectivity index (χ4v) is 16.9. The van der Waals surface area contributed by atoms with E-state index in [0.717, 1.165) is 44.9 Å². The van der Waals surface area contributed by atoms with Gasteiger partial charge in [0.05, 0.1) is 37.6 Å². The lowest BCUT2D eigenvalue weighted by Crippen LogP contribution is -2.66. The highest BCUT2D eigenvalue weighted by Gasteiger charge is 2.84. The van der Waals surface area contributed by atoms with Crippen LogP contribution in [-0.2, 0) is 37.9 Å². The van der Waals surface area contributed by atoms with Gasteiger partial charge in [-0.3, -0.25) is 0 Å². The Balaban J connectivity index is 0.868. The Morgan fingerprint density at radius 1 is 0.606 bits per heavy atom. The predicted octanol–water partition coefficient (Wildman–Crippen LogP) is -1.23. The molecule has 27 atom stereocenters. The standard InChI is InChI=1S/C47H76O19/c1-19-27-21(65-47(58)36(19)66-42(4,5)40(47)57)14-44(7)25-9-8-24-41(2,3)26(10-11-45(24)18-46(25,45)13-12-43(27,44)6)62-38-34(28(51)20(50)17-59-38)64-39-35(32(55)30(53)23(16-49)61-39)63-37-33(56)31(54)29(52)22(15-48)60-37/h19-40,48-58H,8-18H2,1-7H3/t19-,20+,21-,22-,23-,24+,25-,26+,27-,28-,29-,30-,31+,32+,33-,34+,35-,36+,37+,38-,39+,40-,43+,44+,45+,46-,47-/m1/s1. The number of rotatable bonds is 8. The number of ether oxygens (including phenoxy) is 8. The second kappa shape index (κ2) is 16.1.